The van der Waals surface area contributed by atoms with Crippen molar-refractivity contribution in [2.24, 2.45) is 10.9 Å². The molecular formula is C25H28N4O3. The van der Waals surface area contributed by atoms with Crippen LogP contribution in [0.25, 0.3) is 0 Å². The van der Waals surface area contributed by atoms with Crippen molar-refractivity contribution >= 4 is 29.1 Å². The van der Waals surface area contributed by atoms with Gasteiger partial charge in [-0.3, -0.25) is 14.4 Å². The lowest BCUT2D eigenvalue weighted by Gasteiger charge is -2.22. The molecule has 1 unspecified atom stereocenters. The van der Waals surface area contributed by atoms with Crippen molar-refractivity contribution in [1.82, 2.24) is 10.6 Å². The minimum absolute atomic E-state index is 0.0342. The lowest BCUT2D eigenvalue weighted by Crippen LogP contribution is -2.52. The monoisotopic (exact) mass is 432 g/mol. The summed E-state index contributed by atoms with van der Waals surface area (Å²) in [6, 6.07) is 16.4. The van der Waals surface area contributed by atoms with E-state index in [4.69, 9.17) is 0 Å². The Balaban J connectivity index is 1.59. The zero-order chi connectivity index (χ0) is 22.7. The quantitative estimate of drug-likeness (QED) is 0.761. The van der Waals surface area contributed by atoms with Gasteiger partial charge in [-0.15, -0.1) is 0 Å². The number of benzodiazepines with no additional fused rings is 1. The second-order valence-electron chi connectivity index (χ2n) is 8.38. The predicted octanol–water partition coefficient (Wildman–Crippen LogP) is 2.64. The van der Waals surface area contributed by atoms with Crippen LogP contribution < -0.4 is 15.5 Å². The first-order valence-corrected chi connectivity index (χ1v) is 11.1. The first kappa shape index (κ1) is 21.7. The predicted molar refractivity (Wildman–Crippen MR) is 123 cm³/mol. The van der Waals surface area contributed by atoms with Gasteiger partial charge in [0.15, 0.2) is 0 Å². The Morgan fingerprint density at radius 2 is 1.69 bits per heavy atom. The van der Waals surface area contributed by atoms with E-state index in [9.17, 15) is 14.4 Å². The number of hydrogen-bond donors (Lipinski definition) is 2. The van der Waals surface area contributed by atoms with Gasteiger partial charge in [0, 0.05) is 24.1 Å². The van der Waals surface area contributed by atoms with Crippen molar-refractivity contribution in [2.45, 2.75) is 44.8 Å². The molecule has 2 N–H and O–H groups in total. The molecule has 2 aromatic carbocycles. The van der Waals surface area contributed by atoms with Gasteiger partial charge in [0.25, 0.3) is 5.91 Å². The van der Waals surface area contributed by atoms with E-state index in [0.29, 0.717) is 5.71 Å². The zero-order valence-corrected chi connectivity index (χ0v) is 18.4. The summed E-state index contributed by atoms with van der Waals surface area (Å²) in [5.74, 6) is -0.917. The van der Waals surface area contributed by atoms with E-state index < -0.39 is 18.1 Å². The van der Waals surface area contributed by atoms with Crippen molar-refractivity contribution in [3.63, 3.8) is 0 Å². The average Bonchev–Trinajstić information content (AvgIpc) is 3.33. The van der Waals surface area contributed by atoms with Gasteiger partial charge in [-0.2, -0.15) is 0 Å². The third kappa shape index (κ3) is 4.42. The van der Waals surface area contributed by atoms with Crippen LogP contribution in [0.1, 0.15) is 43.7 Å². The topological polar surface area (TPSA) is 90.9 Å². The highest BCUT2D eigenvalue weighted by atomic mass is 16.2. The van der Waals surface area contributed by atoms with Crippen LogP contribution in [0, 0.1) is 5.92 Å². The molecule has 2 aliphatic rings. The lowest BCUT2D eigenvalue weighted by atomic mass is 10.0. The molecule has 1 saturated carbocycles. The third-order valence-corrected chi connectivity index (χ3v) is 6.15. The van der Waals surface area contributed by atoms with E-state index in [2.05, 4.69) is 15.6 Å². The van der Waals surface area contributed by atoms with Crippen LogP contribution in [0.15, 0.2) is 59.6 Å². The van der Waals surface area contributed by atoms with Crippen molar-refractivity contribution in [3.05, 3.63) is 65.7 Å². The number of carbonyl (C=O) groups excluding carboxylic acids is 3. The molecule has 0 spiro atoms. The largest absolute Gasteiger partial charge is 0.344 e. The summed E-state index contributed by atoms with van der Waals surface area (Å²) in [6.45, 7) is 1.63. The van der Waals surface area contributed by atoms with E-state index in [1.54, 1.807) is 14.0 Å². The highest BCUT2D eigenvalue weighted by Crippen LogP contribution is 2.27. The van der Waals surface area contributed by atoms with E-state index >= 15 is 0 Å². The number of carbonyl (C=O) groups is 3. The van der Waals surface area contributed by atoms with Gasteiger partial charge in [-0.25, -0.2) is 4.99 Å². The number of amides is 3. The minimum atomic E-state index is -1.10. The SMILES string of the molecule is C[C@H](NC(=O)C1CCCC1)C(=O)NC1N=C(c2ccccc2)c2ccccc2N(C)C1=O. The van der Waals surface area contributed by atoms with Crippen LogP contribution in [0.2, 0.25) is 0 Å². The number of para-hydroxylation sites is 1. The van der Waals surface area contributed by atoms with E-state index in [1.165, 1.54) is 4.90 Å². The number of hydrogen-bond acceptors (Lipinski definition) is 4. The van der Waals surface area contributed by atoms with Gasteiger partial charge >= 0.3 is 0 Å². The summed E-state index contributed by atoms with van der Waals surface area (Å²) in [4.78, 5) is 44.7. The van der Waals surface area contributed by atoms with Crippen molar-refractivity contribution in [3.8, 4) is 0 Å². The highest BCUT2D eigenvalue weighted by Gasteiger charge is 2.32. The molecule has 1 aliphatic carbocycles. The Hall–Kier alpha value is -3.48. The molecule has 0 saturated heterocycles. The molecule has 1 fully saturated rings. The molecule has 0 radical (unpaired) electrons. The Morgan fingerprint density at radius 1 is 1.03 bits per heavy atom. The Labute approximate surface area is 187 Å². The number of benzene rings is 2. The summed E-state index contributed by atoms with van der Waals surface area (Å²) >= 11 is 0. The molecule has 2 atom stereocenters. The normalized spacial score (nSPS) is 19.6. The van der Waals surface area contributed by atoms with Gasteiger partial charge in [0.1, 0.15) is 6.04 Å². The molecule has 0 bridgehead atoms. The van der Waals surface area contributed by atoms with Crippen LogP contribution in [-0.2, 0) is 14.4 Å². The molecule has 1 aliphatic heterocycles. The molecule has 3 amide bonds. The molecule has 0 aromatic heterocycles. The fourth-order valence-corrected chi connectivity index (χ4v) is 4.29. The fraction of sp³-hybridized carbons (Fsp3) is 0.360. The lowest BCUT2D eigenvalue weighted by molar-refractivity contribution is -0.132. The standard InChI is InChI=1S/C25H28N4O3/c1-16(26-24(31)18-12-6-7-13-18)23(30)28-22-25(32)29(2)20-15-9-8-14-19(20)21(27-22)17-10-4-3-5-11-17/h3-5,8-11,14-16,18,22H,6-7,12-13H2,1-2H3,(H,26,31)(H,28,30)/t16-,22?/m0/s1. The van der Waals surface area contributed by atoms with Crippen LogP contribution in [0.3, 0.4) is 0 Å². The maximum absolute atomic E-state index is 13.2. The molecule has 1 heterocycles. The molecule has 4 rings (SSSR count). The van der Waals surface area contributed by atoms with Gasteiger partial charge in [-0.1, -0.05) is 61.4 Å². The van der Waals surface area contributed by atoms with E-state index in [-0.39, 0.29) is 17.7 Å². The molecule has 166 valence electrons. The number of anilines is 1. The fourth-order valence-electron chi connectivity index (χ4n) is 4.29. The summed E-state index contributed by atoms with van der Waals surface area (Å²) < 4.78 is 0. The Bertz CT molecular complexity index is 1040. The summed E-state index contributed by atoms with van der Waals surface area (Å²) in [5.41, 5.74) is 3.02. The summed E-state index contributed by atoms with van der Waals surface area (Å²) in [6.07, 6.45) is 2.70. The van der Waals surface area contributed by atoms with Crippen LogP contribution >= 0.6 is 0 Å². The number of nitrogens with zero attached hydrogens (tertiary/aromatic N) is 2. The highest BCUT2D eigenvalue weighted by molar-refractivity contribution is 6.20. The summed E-state index contributed by atoms with van der Waals surface area (Å²) in [7, 11) is 1.68. The van der Waals surface area contributed by atoms with E-state index in [1.807, 2.05) is 54.6 Å². The first-order valence-electron chi connectivity index (χ1n) is 11.1. The molecule has 7 heteroatoms. The minimum Gasteiger partial charge on any atom is -0.344 e. The van der Waals surface area contributed by atoms with Crippen molar-refractivity contribution < 1.29 is 14.4 Å². The van der Waals surface area contributed by atoms with Crippen molar-refractivity contribution in [1.29, 1.82) is 0 Å². The van der Waals surface area contributed by atoms with Gasteiger partial charge in [0.05, 0.1) is 11.4 Å². The Morgan fingerprint density at radius 3 is 2.41 bits per heavy atom. The van der Waals surface area contributed by atoms with Crippen molar-refractivity contribution in [2.75, 3.05) is 11.9 Å². The van der Waals surface area contributed by atoms with Gasteiger partial charge in [0.2, 0.25) is 18.0 Å². The number of rotatable bonds is 5. The second-order valence-corrected chi connectivity index (χ2v) is 8.38. The number of likely N-dealkylation sites (N-methyl/N-ethyl adjacent to an activating group) is 1. The van der Waals surface area contributed by atoms with Gasteiger partial charge in [-0.05, 0) is 25.8 Å². The molecule has 7 nitrogen and oxygen atoms in total. The second kappa shape index (κ2) is 9.34. The third-order valence-electron chi connectivity index (χ3n) is 6.15. The smallest absolute Gasteiger partial charge is 0.272 e. The number of fused-ring (bicyclic) bond motifs is 1. The van der Waals surface area contributed by atoms with Crippen LogP contribution in [-0.4, -0.2) is 42.7 Å². The van der Waals surface area contributed by atoms with Crippen LogP contribution in [0.4, 0.5) is 5.69 Å². The molecule has 32 heavy (non-hydrogen) atoms. The Kier molecular flexibility index (Phi) is 6.35. The van der Waals surface area contributed by atoms with Crippen LogP contribution in [0.5, 0.6) is 0 Å². The molecule has 2 aromatic rings. The maximum atomic E-state index is 13.2. The molecular weight excluding hydrogens is 404 g/mol. The average molecular weight is 433 g/mol. The first-order chi connectivity index (χ1) is 15.5. The maximum Gasteiger partial charge on any atom is 0.272 e. The zero-order valence-electron chi connectivity index (χ0n) is 18.4. The van der Waals surface area contributed by atoms with Gasteiger partial charge < -0.3 is 15.5 Å². The number of nitrogens with one attached hydrogen (secondary N) is 2. The number of aliphatic imine (C=N–C) groups is 1. The summed E-state index contributed by atoms with van der Waals surface area (Å²) in [5, 5.41) is 5.53. The van der Waals surface area contributed by atoms with E-state index in [0.717, 1.165) is 42.5 Å².